The van der Waals surface area contributed by atoms with Gasteiger partial charge in [0.2, 0.25) is 0 Å². The Bertz CT molecular complexity index is 543. The third kappa shape index (κ3) is 3.84. The Labute approximate surface area is 117 Å². The van der Waals surface area contributed by atoms with E-state index in [-0.39, 0.29) is 6.04 Å². The first kappa shape index (κ1) is 14.6. The standard InChI is InChI=1S/C16H18F2N2/c1-2-7-20-16(10-12-5-8-19-9-6-12)14-4-3-13(17)11-15(14)18/h3-6,8-9,11,16,20H,2,7,10H2,1H3. The van der Waals surface area contributed by atoms with Gasteiger partial charge >= 0.3 is 0 Å². The van der Waals surface area contributed by atoms with Crippen LogP contribution in [0.5, 0.6) is 0 Å². The summed E-state index contributed by atoms with van der Waals surface area (Å²) >= 11 is 0. The quantitative estimate of drug-likeness (QED) is 0.871. The van der Waals surface area contributed by atoms with Crippen molar-refractivity contribution in [3.63, 3.8) is 0 Å². The maximum atomic E-state index is 13.9. The van der Waals surface area contributed by atoms with Crippen molar-refractivity contribution < 1.29 is 8.78 Å². The van der Waals surface area contributed by atoms with Crippen LogP contribution in [0, 0.1) is 11.6 Å². The number of nitrogens with one attached hydrogen (secondary N) is 1. The average molecular weight is 276 g/mol. The molecule has 4 heteroatoms. The molecule has 0 amide bonds. The van der Waals surface area contributed by atoms with Gasteiger partial charge in [0.15, 0.2) is 0 Å². The van der Waals surface area contributed by atoms with Crippen molar-refractivity contribution in [2.24, 2.45) is 0 Å². The SMILES string of the molecule is CCCNC(Cc1ccncc1)c1ccc(F)cc1F. The van der Waals surface area contributed by atoms with Crippen molar-refractivity contribution in [1.82, 2.24) is 10.3 Å². The number of hydrogen-bond donors (Lipinski definition) is 1. The first-order chi connectivity index (χ1) is 9.70. The monoisotopic (exact) mass is 276 g/mol. The van der Waals surface area contributed by atoms with E-state index in [0.717, 1.165) is 24.6 Å². The molecule has 0 aliphatic heterocycles. The Kier molecular flexibility index (Phi) is 5.18. The van der Waals surface area contributed by atoms with Gasteiger partial charge in [-0.3, -0.25) is 4.98 Å². The molecule has 0 fully saturated rings. The third-order valence-electron chi connectivity index (χ3n) is 3.17. The first-order valence-corrected chi connectivity index (χ1v) is 6.78. The van der Waals surface area contributed by atoms with Crippen LogP contribution < -0.4 is 5.32 Å². The zero-order valence-electron chi connectivity index (χ0n) is 11.4. The van der Waals surface area contributed by atoms with Crippen molar-refractivity contribution in [2.75, 3.05) is 6.54 Å². The summed E-state index contributed by atoms with van der Waals surface area (Å²) in [6.45, 7) is 2.84. The van der Waals surface area contributed by atoms with Gasteiger partial charge in [-0.1, -0.05) is 13.0 Å². The second-order valence-electron chi connectivity index (χ2n) is 4.73. The summed E-state index contributed by atoms with van der Waals surface area (Å²) in [7, 11) is 0. The number of halogens is 2. The fourth-order valence-corrected chi connectivity index (χ4v) is 2.15. The number of rotatable bonds is 6. The van der Waals surface area contributed by atoms with E-state index in [1.54, 1.807) is 12.4 Å². The molecular formula is C16H18F2N2. The molecule has 1 N–H and O–H groups in total. The van der Waals surface area contributed by atoms with E-state index < -0.39 is 11.6 Å². The summed E-state index contributed by atoms with van der Waals surface area (Å²) in [5.41, 5.74) is 1.56. The van der Waals surface area contributed by atoms with Gasteiger partial charge in [-0.15, -0.1) is 0 Å². The van der Waals surface area contributed by atoms with Crippen LogP contribution in [0.15, 0.2) is 42.7 Å². The topological polar surface area (TPSA) is 24.9 Å². The van der Waals surface area contributed by atoms with E-state index >= 15 is 0 Å². The molecule has 0 radical (unpaired) electrons. The lowest BCUT2D eigenvalue weighted by Crippen LogP contribution is -2.25. The lowest BCUT2D eigenvalue weighted by Gasteiger charge is -2.19. The normalized spacial score (nSPS) is 12.3. The molecule has 2 rings (SSSR count). The van der Waals surface area contributed by atoms with Gasteiger partial charge in [0, 0.05) is 30.1 Å². The Morgan fingerprint density at radius 2 is 1.90 bits per heavy atom. The van der Waals surface area contributed by atoms with Crippen LogP contribution in [0.1, 0.15) is 30.5 Å². The number of pyridine rings is 1. The van der Waals surface area contributed by atoms with Gasteiger partial charge in [0.05, 0.1) is 0 Å². The lowest BCUT2D eigenvalue weighted by molar-refractivity contribution is 0.491. The van der Waals surface area contributed by atoms with Crippen LogP contribution >= 0.6 is 0 Å². The molecule has 1 atom stereocenters. The van der Waals surface area contributed by atoms with Crippen LogP contribution in [0.4, 0.5) is 8.78 Å². The van der Waals surface area contributed by atoms with Crippen molar-refractivity contribution >= 4 is 0 Å². The number of benzene rings is 1. The molecule has 106 valence electrons. The van der Waals surface area contributed by atoms with E-state index in [0.29, 0.717) is 12.0 Å². The van der Waals surface area contributed by atoms with E-state index in [2.05, 4.69) is 17.2 Å². The lowest BCUT2D eigenvalue weighted by atomic mass is 9.98. The molecule has 1 aromatic carbocycles. The molecule has 2 aromatic rings. The van der Waals surface area contributed by atoms with E-state index in [4.69, 9.17) is 0 Å². The van der Waals surface area contributed by atoms with E-state index in [9.17, 15) is 8.78 Å². The summed E-state index contributed by atoms with van der Waals surface area (Å²) in [5, 5.41) is 3.31. The molecule has 1 aromatic heterocycles. The Balaban J connectivity index is 2.22. The summed E-state index contributed by atoms with van der Waals surface area (Å²) in [4.78, 5) is 3.97. The van der Waals surface area contributed by atoms with Gasteiger partial charge in [0.25, 0.3) is 0 Å². The fraction of sp³-hybridized carbons (Fsp3) is 0.312. The van der Waals surface area contributed by atoms with Crippen molar-refractivity contribution in [1.29, 1.82) is 0 Å². The average Bonchev–Trinajstić information content (AvgIpc) is 2.45. The molecular weight excluding hydrogens is 258 g/mol. The van der Waals surface area contributed by atoms with E-state index in [1.807, 2.05) is 12.1 Å². The molecule has 0 aliphatic rings. The summed E-state index contributed by atoms with van der Waals surface area (Å²) in [6, 6.07) is 7.38. The summed E-state index contributed by atoms with van der Waals surface area (Å²) in [5.74, 6) is -1.06. The van der Waals surface area contributed by atoms with Crippen LogP contribution in [0.25, 0.3) is 0 Å². The molecule has 1 heterocycles. The molecule has 1 unspecified atom stereocenters. The predicted octanol–water partition coefficient (Wildman–Crippen LogP) is 3.64. The van der Waals surface area contributed by atoms with Gasteiger partial charge in [-0.2, -0.15) is 0 Å². The molecule has 2 nitrogen and oxygen atoms in total. The minimum Gasteiger partial charge on any atom is -0.310 e. The summed E-state index contributed by atoms with van der Waals surface area (Å²) in [6.07, 6.45) is 5.03. The minimum atomic E-state index is -0.551. The highest BCUT2D eigenvalue weighted by atomic mass is 19.1. The number of hydrogen-bond acceptors (Lipinski definition) is 2. The molecule has 0 saturated heterocycles. The molecule has 0 aliphatic carbocycles. The second kappa shape index (κ2) is 7.10. The van der Waals surface area contributed by atoms with Crippen molar-refractivity contribution in [2.45, 2.75) is 25.8 Å². The largest absolute Gasteiger partial charge is 0.310 e. The maximum Gasteiger partial charge on any atom is 0.130 e. The molecule has 0 bridgehead atoms. The Morgan fingerprint density at radius 1 is 1.15 bits per heavy atom. The van der Waals surface area contributed by atoms with Gasteiger partial charge in [0.1, 0.15) is 11.6 Å². The predicted molar refractivity (Wildman–Crippen MR) is 75.3 cm³/mol. The zero-order chi connectivity index (χ0) is 14.4. The van der Waals surface area contributed by atoms with Crippen LogP contribution in [-0.4, -0.2) is 11.5 Å². The van der Waals surface area contributed by atoms with Gasteiger partial charge < -0.3 is 5.32 Å². The zero-order valence-corrected chi connectivity index (χ0v) is 11.4. The Morgan fingerprint density at radius 3 is 2.55 bits per heavy atom. The second-order valence-corrected chi connectivity index (χ2v) is 4.73. The molecule has 0 saturated carbocycles. The Hall–Kier alpha value is -1.81. The minimum absolute atomic E-state index is 0.169. The third-order valence-corrected chi connectivity index (χ3v) is 3.17. The van der Waals surface area contributed by atoms with Gasteiger partial charge in [-0.05, 0) is 43.1 Å². The van der Waals surface area contributed by atoms with Crippen LogP contribution in [0.2, 0.25) is 0 Å². The number of aromatic nitrogens is 1. The molecule has 0 spiro atoms. The highest BCUT2D eigenvalue weighted by molar-refractivity contribution is 5.25. The van der Waals surface area contributed by atoms with Crippen molar-refractivity contribution in [3.8, 4) is 0 Å². The maximum absolute atomic E-state index is 13.9. The number of nitrogens with zero attached hydrogens (tertiary/aromatic N) is 1. The van der Waals surface area contributed by atoms with Crippen LogP contribution in [-0.2, 0) is 6.42 Å². The van der Waals surface area contributed by atoms with Crippen LogP contribution in [0.3, 0.4) is 0 Å². The summed E-state index contributed by atoms with van der Waals surface area (Å²) < 4.78 is 27.0. The highest BCUT2D eigenvalue weighted by Gasteiger charge is 2.16. The van der Waals surface area contributed by atoms with Gasteiger partial charge in [-0.25, -0.2) is 8.78 Å². The molecule has 20 heavy (non-hydrogen) atoms. The van der Waals surface area contributed by atoms with E-state index in [1.165, 1.54) is 12.1 Å². The van der Waals surface area contributed by atoms with Crippen molar-refractivity contribution in [3.05, 3.63) is 65.5 Å². The highest BCUT2D eigenvalue weighted by Crippen LogP contribution is 2.22. The smallest absolute Gasteiger partial charge is 0.130 e. The fourth-order valence-electron chi connectivity index (χ4n) is 2.15. The first-order valence-electron chi connectivity index (χ1n) is 6.78.